The van der Waals surface area contributed by atoms with Crippen molar-refractivity contribution in [1.82, 2.24) is 0 Å². The summed E-state index contributed by atoms with van der Waals surface area (Å²) in [6, 6.07) is 0. The van der Waals surface area contributed by atoms with Crippen LogP contribution in [0.5, 0.6) is 0 Å². The first-order valence-electron chi connectivity index (χ1n) is 4.72. The first-order chi connectivity index (χ1) is 5.53. The monoisotopic (exact) mass is 168 g/mol. The second-order valence-electron chi connectivity index (χ2n) is 4.68. The lowest BCUT2D eigenvalue weighted by Crippen LogP contribution is -2.58. The van der Waals surface area contributed by atoms with Gasteiger partial charge in [0.2, 0.25) is 0 Å². The number of rotatable bonds is 0. The van der Waals surface area contributed by atoms with E-state index in [1.165, 1.54) is 0 Å². The van der Waals surface area contributed by atoms with E-state index in [0.29, 0.717) is 5.78 Å². The molecule has 2 aliphatic heterocycles. The van der Waals surface area contributed by atoms with Gasteiger partial charge in [-0.25, -0.2) is 0 Å². The fourth-order valence-electron chi connectivity index (χ4n) is 2.46. The molecule has 0 aromatic heterocycles. The van der Waals surface area contributed by atoms with Gasteiger partial charge in [-0.05, 0) is 19.8 Å². The molecule has 0 N–H and O–H groups in total. The van der Waals surface area contributed by atoms with Crippen molar-refractivity contribution in [2.24, 2.45) is 11.3 Å². The molecule has 12 heavy (non-hydrogen) atoms. The lowest BCUT2D eigenvalue weighted by Gasteiger charge is -2.47. The van der Waals surface area contributed by atoms with Gasteiger partial charge >= 0.3 is 0 Å². The minimum atomic E-state index is -0.111. The molecule has 1 aliphatic carbocycles. The molecule has 2 nitrogen and oxygen atoms in total. The van der Waals surface area contributed by atoms with Crippen LogP contribution in [0.3, 0.4) is 0 Å². The zero-order chi connectivity index (χ0) is 8.93. The zero-order valence-corrected chi connectivity index (χ0v) is 7.96. The number of ether oxygens (including phenoxy) is 1. The summed E-state index contributed by atoms with van der Waals surface area (Å²) in [5.41, 5.74) is 0.0991. The Morgan fingerprint density at radius 1 is 1.42 bits per heavy atom. The predicted octanol–water partition coefficient (Wildman–Crippen LogP) is 1.78. The Labute approximate surface area is 73.3 Å². The summed E-state index contributed by atoms with van der Waals surface area (Å²) >= 11 is 0. The molecule has 2 heteroatoms. The Kier molecular flexibility index (Phi) is 1.59. The van der Waals surface area contributed by atoms with Crippen molar-refractivity contribution in [3.8, 4) is 0 Å². The quantitative estimate of drug-likeness (QED) is 0.551. The van der Waals surface area contributed by atoms with Gasteiger partial charge in [-0.15, -0.1) is 0 Å². The standard InChI is InChI=1S/C10H16O2/c1-6-4-5-7-8(11)9(12-6)10(7,2)3/h6-7,9H,4-5H2,1-3H3/t6?,7-,9+/m0/s1. The van der Waals surface area contributed by atoms with Gasteiger partial charge in [0.05, 0.1) is 6.10 Å². The molecule has 3 aliphatic rings. The lowest BCUT2D eigenvalue weighted by molar-refractivity contribution is -0.173. The minimum Gasteiger partial charge on any atom is -0.367 e. The maximum atomic E-state index is 11.5. The summed E-state index contributed by atoms with van der Waals surface area (Å²) in [7, 11) is 0. The van der Waals surface area contributed by atoms with Crippen LogP contribution in [0.25, 0.3) is 0 Å². The fraction of sp³-hybridized carbons (Fsp3) is 0.900. The summed E-state index contributed by atoms with van der Waals surface area (Å²) in [4.78, 5) is 11.5. The van der Waals surface area contributed by atoms with E-state index in [0.717, 1.165) is 12.8 Å². The zero-order valence-electron chi connectivity index (χ0n) is 7.96. The molecule has 3 fully saturated rings. The van der Waals surface area contributed by atoms with Crippen molar-refractivity contribution in [1.29, 1.82) is 0 Å². The van der Waals surface area contributed by atoms with Crippen LogP contribution in [-0.4, -0.2) is 18.0 Å². The molecule has 2 saturated heterocycles. The minimum absolute atomic E-state index is 0.0991. The third-order valence-corrected chi connectivity index (χ3v) is 3.41. The third kappa shape index (κ3) is 0.875. The van der Waals surface area contributed by atoms with E-state index in [9.17, 15) is 4.79 Å². The Hall–Kier alpha value is -0.370. The Bertz CT molecular complexity index is 220. The summed E-state index contributed by atoms with van der Waals surface area (Å²) in [5.74, 6) is 0.608. The van der Waals surface area contributed by atoms with E-state index < -0.39 is 0 Å². The van der Waals surface area contributed by atoms with Gasteiger partial charge in [-0.3, -0.25) is 4.79 Å². The van der Waals surface area contributed by atoms with Crippen molar-refractivity contribution >= 4 is 5.78 Å². The number of carbonyl (C=O) groups excluding carboxylic acids is 1. The van der Waals surface area contributed by atoms with Gasteiger partial charge in [0.1, 0.15) is 6.10 Å². The molecule has 3 rings (SSSR count). The molecule has 2 bridgehead atoms. The Morgan fingerprint density at radius 2 is 2.08 bits per heavy atom. The van der Waals surface area contributed by atoms with Crippen LogP contribution >= 0.6 is 0 Å². The molecule has 1 unspecified atom stereocenters. The molecule has 2 heterocycles. The van der Waals surface area contributed by atoms with Crippen molar-refractivity contribution < 1.29 is 9.53 Å². The fourth-order valence-corrected chi connectivity index (χ4v) is 2.46. The smallest absolute Gasteiger partial charge is 0.165 e. The van der Waals surface area contributed by atoms with E-state index >= 15 is 0 Å². The second kappa shape index (κ2) is 2.32. The second-order valence-corrected chi connectivity index (χ2v) is 4.68. The highest BCUT2D eigenvalue weighted by molar-refractivity contribution is 5.93. The highest BCUT2D eigenvalue weighted by Crippen LogP contribution is 2.50. The first kappa shape index (κ1) is 8.24. The molecule has 3 atom stereocenters. The molecule has 0 amide bonds. The van der Waals surface area contributed by atoms with E-state index in [4.69, 9.17) is 4.74 Å². The molecule has 0 aromatic carbocycles. The molecule has 1 saturated carbocycles. The molecule has 0 radical (unpaired) electrons. The maximum absolute atomic E-state index is 11.5. The van der Waals surface area contributed by atoms with Crippen LogP contribution in [-0.2, 0) is 9.53 Å². The van der Waals surface area contributed by atoms with Gasteiger partial charge in [-0.2, -0.15) is 0 Å². The van der Waals surface area contributed by atoms with Crippen molar-refractivity contribution in [2.75, 3.05) is 0 Å². The summed E-state index contributed by atoms with van der Waals surface area (Å²) < 4.78 is 5.66. The molecule has 0 aromatic rings. The largest absolute Gasteiger partial charge is 0.367 e. The normalized spacial score (nSPS) is 44.9. The number of hydrogen-bond donors (Lipinski definition) is 0. The summed E-state index contributed by atoms with van der Waals surface area (Å²) in [5, 5.41) is 0. The lowest BCUT2D eigenvalue weighted by atomic mass is 9.58. The van der Waals surface area contributed by atoms with Crippen molar-refractivity contribution in [2.45, 2.75) is 45.8 Å². The van der Waals surface area contributed by atoms with Gasteiger partial charge in [0.15, 0.2) is 5.78 Å². The molecule has 0 spiro atoms. The van der Waals surface area contributed by atoms with E-state index in [-0.39, 0.29) is 23.5 Å². The Balaban J connectivity index is 2.23. The van der Waals surface area contributed by atoms with E-state index in [2.05, 4.69) is 20.8 Å². The van der Waals surface area contributed by atoms with Crippen LogP contribution in [0.2, 0.25) is 0 Å². The van der Waals surface area contributed by atoms with Crippen LogP contribution < -0.4 is 0 Å². The topological polar surface area (TPSA) is 26.3 Å². The number of carbonyl (C=O) groups is 1. The average molecular weight is 168 g/mol. The summed E-state index contributed by atoms with van der Waals surface area (Å²) in [6.45, 7) is 6.34. The molecular formula is C10H16O2. The number of ketones is 1. The van der Waals surface area contributed by atoms with Gasteiger partial charge in [0.25, 0.3) is 0 Å². The third-order valence-electron chi connectivity index (χ3n) is 3.41. The van der Waals surface area contributed by atoms with Crippen LogP contribution in [0, 0.1) is 11.3 Å². The number of hydrogen-bond acceptors (Lipinski definition) is 2. The van der Waals surface area contributed by atoms with E-state index in [1.807, 2.05) is 0 Å². The van der Waals surface area contributed by atoms with Crippen LogP contribution in [0.4, 0.5) is 0 Å². The van der Waals surface area contributed by atoms with Gasteiger partial charge in [0, 0.05) is 11.3 Å². The van der Waals surface area contributed by atoms with E-state index in [1.54, 1.807) is 0 Å². The highest BCUT2D eigenvalue weighted by Gasteiger charge is 2.58. The summed E-state index contributed by atoms with van der Waals surface area (Å²) in [6.07, 6.45) is 2.21. The first-order valence-corrected chi connectivity index (χ1v) is 4.72. The van der Waals surface area contributed by atoms with Gasteiger partial charge in [-0.1, -0.05) is 13.8 Å². The van der Waals surface area contributed by atoms with Crippen molar-refractivity contribution in [3.63, 3.8) is 0 Å². The van der Waals surface area contributed by atoms with Crippen molar-refractivity contribution in [3.05, 3.63) is 0 Å². The highest BCUT2D eigenvalue weighted by atomic mass is 16.5. The predicted molar refractivity (Wildman–Crippen MR) is 45.8 cm³/mol. The number of Topliss-reactive ketones (excluding diaryl/α,β-unsaturated/α-hetero) is 1. The molecule has 68 valence electrons. The molecular weight excluding hydrogens is 152 g/mol. The average Bonchev–Trinajstić information content (AvgIpc) is 2.19. The van der Waals surface area contributed by atoms with Gasteiger partial charge < -0.3 is 4.74 Å². The number of fused-ring (bicyclic) bond motifs is 3. The Morgan fingerprint density at radius 3 is 2.67 bits per heavy atom. The van der Waals surface area contributed by atoms with Crippen LogP contribution in [0.1, 0.15) is 33.6 Å². The maximum Gasteiger partial charge on any atom is 0.165 e. The van der Waals surface area contributed by atoms with Crippen LogP contribution in [0.15, 0.2) is 0 Å². The SMILES string of the molecule is CC1CC[C@H]2C(=O)[C@@H](O1)C2(C)C.